The second-order valence-corrected chi connectivity index (χ2v) is 3.18. The Balaban J connectivity index is 3.06. The Morgan fingerprint density at radius 2 is 2.00 bits per heavy atom. The van der Waals surface area contributed by atoms with Gasteiger partial charge in [-0.2, -0.15) is 0 Å². The van der Waals surface area contributed by atoms with Gasteiger partial charge in [-0.15, -0.1) is 0 Å². The molecule has 1 aliphatic rings. The lowest BCUT2D eigenvalue weighted by atomic mass is 10.1. The highest BCUT2D eigenvalue weighted by Gasteiger charge is 2.23. The molecule has 1 heterocycles. The lowest BCUT2D eigenvalue weighted by Gasteiger charge is -2.31. The van der Waals surface area contributed by atoms with Gasteiger partial charge in [0.05, 0.1) is 0 Å². The molecule has 1 nitrogen and oxygen atoms in total. The van der Waals surface area contributed by atoms with Crippen molar-refractivity contribution in [2.45, 2.75) is 39.1 Å². The van der Waals surface area contributed by atoms with Gasteiger partial charge in [0.2, 0.25) is 0 Å². The predicted octanol–water partition coefficient (Wildman–Crippen LogP) is 1.88. The Hall–Kier alpha value is -0.0400. The first kappa shape index (κ1) is 2.91. The van der Waals surface area contributed by atoms with Crippen molar-refractivity contribution >= 4 is 0 Å². The molecule has 0 radical (unpaired) electrons. The summed E-state index contributed by atoms with van der Waals surface area (Å²) in [6.45, 7) is 2.58. The molecule has 1 rings (SSSR count). The van der Waals surface area contributed by atoms with Crippen LogP contribution in [-0.2, 0) is 0 Å². The average Bonchev–Trinajstić information content (AvgIpc) is 2.10. The summed E-state index contributed by atoms with van der Waals surface area (Å²) < 4.78 is 38.3. The van der Waals surface area contributed by atoms with E-state index in [0.29, 0.717) is 0 Å². The van der Waals surface area contributed by atoms with Gasteiger partial charge in [-0.1, -0.05) is 0 Å². The number of likely N-dealkylation sites (tertiary alicyclic amines) is 1. The molecule has 0 aromatic heterocycles. The maximum atomic E-state index is 7.73. The first-order valence-corrected chi connectivity index (χ1v) is 3.16. The van der Waals surface area contributed by atoms with Gasteiger partial charge in [-0.25, -0.2) is 0 Å². The normalized spacial score (nSPS) is 61.2. The van der Waals surface area contributed by atoms with Gasteiger partial charge in [0.1, 0.15) is 0 Å². The second-order valence-electron chi connectivity index (χ2n) is 3.18. The largest absolute Gasteiger partial charge is 0.298 e. The van der Waals surface area contributed by atoms with Crippen LogP contribution in [-0.4, -0.2) is 23.5 Å². The Morgan fingerprint density at radius 1 is 1.33 bits per heavy atom. The van der Waals surface area contributed by atoms with Crippen molar-refractivity contribution < 1.29 is 6.85 Å². The van der Waals surface area contributed by atoms with Crippen molar-refractivity contribution in [3.8, 4) is 0 Å². The lowest BCUT2D eigenvalue weighted by Crippen LogP contribution is -2.38. The molecule has 1 heteroatoms. The third-order valence-electron chi connectivity index (χ3n) is 1.27. The molecule has 0 aliphatic carbocycles. The molecule has 0 saturated carbocycles. The van der Waals surface area contributed by atoms with Crippen molar-refractivity contribution in [1.29, 1.82) is 0 Å². The van der Waals surface area contributed by atoms with E-state index in [1.807, 2.05) is 0 Å². The molecular formula is C8H17N. The standard InChI is InChI=1S/C8H17N/c1-8(2,3)9-6-4-5-7-9/h4-7H2,1-3H3/i4D,5D,6D,7D2. The van der Waals surface area contributed by atoms with E-state index < -0.39 is 31.4 Å². The number of hydrogen-bond acceptors (Lipinski definition) is 1. The van der Waals surface area contributed by atoms with E-state index in [1.54, 1.807) is 20.8 Å². The van der Waals surface area contributed by atoms with Gasteiger partial charge in [0, 0.05) is 12.4 Å². The number of hydrogen-bond donors (Lipinski definition) is 0. The van der Waals surface area contributed by atoms with E-state index in [4.69, 9.17) is 6.85 Å². The summed E-state index contributed by atoms with van der Waals surface area (Å²) in [6, 6.07) is 0. The van der Waals surface area contributed by atoms with Crippen molar-refractivity contribution in [1.82, 2.24) is 4.90 Å². The van der Waals surface area contributed by atoms with E-state index in [-0.39, 0.29) is 0 Å². The highest BCUT2D eigenvalue weighted by molar-refractivity contribution is 4.79. The maximum Gasteiger partial charge on any atom is 0.0431 e. The second kappa shape index (κ2) is 2.30. The number of nitrogens with zero attached hydrogens (tertiary/aromatic N) is 1. The monoisotopic (exact) mass is 132 g/mol. The zero-order chi connectivity index (χ0) is 11.3. The molecule has 0 bridgehead atoms. The van der Waals surface area contributed by atoms with Crippen LogP contribution in [0.5, 0.6) is 0 Å². The topological polar surface area (TPSA) is 3.24 Å². The zero-order valence-corrected chi connectivity index (χ0v) is 6.18. The van der Waals surface area contributed by atoms with Crippen molar-refractivity contribution in [2.75, 3.05) is 13.0 Å². The van der Waals surface area contributed by atoms with E-state index in [0.717, 1.165) is 0 Å². The van der Waals surface area contributed by atoms with E-state index in [1.165, 1.54) is 4.90 Å². The maximum absolute atomic E-state index is 7.73. The Labute approximate surface area is 65.1 Å². The van der Waals surface area contributed by atoms with Crippen LogP contribution in [0.4, 0.5) is 0 Å². The van der Waals surface area contributed by atoms with Crippen LogP contribution in [0.25, 0.3) is 0 Å². The highest BCUT2D eigenvalue weighted by Crippen LogP contribution is 2.19. The molecule has 3 unspecified atom stereocenters. The fraction of sp³-hybridized carbons (Fsp3) is 1.00. The Morgan fingerprint density at radius 3 is 2.22 bits per heavy atom. The fourth-order valence-electron chi connectivity index (χ4n) is 0.713. The quantitative estimate of drug-likeness (QED) is 0.486. The molecule has 0 N–H and O–H groups in total. The van der Waals surface area contributed by atoms with E-state index in [9.17, 15) is 0 Å². The molecule has 0 aromatic carbocycles. The SMILES string of the molecule is [2H]C1C([2H])N(C(C)(C)C)C([2H])([2H])C1[2H]. The van der Waals surface area contributed by atoms with Crippen molar-refractivity contribution in [3.05, 3.63) is 0 Å². The fourth-order valence-corrected chi connectivity index (χ4v) is 0.713. The third kappa shape index (κ3) is 1.68. The van der Waals surface area contributed by atoms with Gasteiger partial charge in [-0.05, 0) is 46.6 Å². The minimum atomic E-state index is -1.88. The summed E-state index contributed by atoms with van der Waals surface area (Å²) in [4.78, 5) is 1.31. The molecule has 1 saturated heterocycles. The number of rotatable bonds is 0. The first-order valence-electron chi connectivity index (χ1n) is 5.89. The minimum absolute atomic E-state index is 0.523. The van der Waals surface area contributed by atoms with E-state index in [2.05, 4.69) is 0 Å². The van der Waals surface area contributed by atoms with Gasteiger partial charge in [0.15, 0.2) is 0 Å². The summed E-state index contributed by atoms with van der Waals surface area (Å²) >= 11 is 0. The molecule has 54 valence electrons. The molecule has 3 atom stereocenters. The molecule has 0 amide bonds. The Bertz CT molecular complexity index is 224. The molecule has 0 spiro atoms. The van der Waals surface area contributed by atoms with Crippen LogP contribution in [0.3, 0.4) is 0 Å². The van der Waals surface area contributed by atoms with Crippen LogP contribution in [0.1, 0.15) is 40.4 Å². The summed E-state index contributed by atoms with van der Waals surface area (Å²) in [5.74, 6) is 0. The highest BCUT2D eigenvalue weighted by atomic mass is 15.2. The Kier molecular flexibility index (Phi) is 0.743. The molecule has 1 fully saturated rings. The summed E-state index contributed by atoms with van der Waals surface area (Å²) in [6.07, 6.45) is -2.16. The molecule has 0 aromatic rings. The van der Waals surface area contributed by atoms with Crippen molar-refractivity contribution in [3.63, 3.8) is 0 Å². The zero-order valence-electron chi connectivity index (χ0n) is 11.2. The van der Waals surface area contributed by atoms with Gasteiger partial charge in [-0.3, -0.25) is 4.90 Å². The summed E-state index contributed by atoms with van der Waals surface area (Å²) in [7, 11) is 0. The summed E-state index contributed by atoms with van der Waals surface area (Å²) in [5.41, 5.74) is -0.523. The third-order valence-corrected chi connectivity index (χ3v) is 1.27. The van der Waals surface area contributed by atoms with Gasteiger partial charge >= 0.3 is 0 Å². The van der Waals surface area contributed by atoms with Crippen LogP contribution >= 0.6 is 0 Å². The molecule has 1 aliphatic heterocycles. The first-order chi connectivity index (χ1) is 6.10. The van der Waals surface area contributed by atoms with Crippen LogP contribution in [0, 0.1) is 0 Å². The van der Waals surface area contributed by atoms with Gasteiger partial charge in [0.25, 0.3) is 0 Å². The lowest BCUT2D eigenvalue weighted by molar-refractivity contribution is 0.175. The van der Waals surface area contributed by atoms with Gasteiger partial charge < -0.3 is 0 Å². The van der Waals surface area contributed by atoms with Crippen LogP contribution in [0.2, 0.25) is 0 Å². The average molecular weight is 132 g/mol. The predicted molar refractivity (Wildman–Crippen MR) is 40.6 cm³/mol. The van der Waals surface area contributed by atoms with Crippen LogP contribution < -0.4 is 0 Å². The smallest absolute Gasteiger partial charge is 0.0431 e. The van der Waals surface area contributed by atoms with E-state index >= 15 is 0 Å². The summed E-state index contributed by atoms with van der Waals surface area (Å²) in [5, 5.41) is 0. The van der Waals surface area contributed by atoms with Crippen LogP contribution in [0.15, 0.2) is 0 Å². The molecular weight excluding hydrogens is 110 g/mol. The molecule has 9 heavy (non-hydrogen) atoms. The van der Waals surface area contributed by atoms with Crippen molar-refractivity contribution in [2.24, 2.45) is 0 Å². The minimum Gasteiger partial charge on any atom is -0.298 e.